The molecule has 0 aromatic carbocycles. The van der Waals surface area contributed by atoms with Crippen LogP contribution in [0.3, 0.4) is 0 Å². The monoisotopic (exact) mass is 105 g/mol. The van der Waals surface area contributed by atoms with Gasteiger partial charge >= 0.3 is 0 Å². The molecule has 1 radical (unpaired) electrons. The second kappa shape index (κ2) is 1.20. The Balaban J connectivity index is 2.30. The Morgan fingerprint density at radius 3 is 2.88 bits per heavy atom. The van der Waals surface area contributed by atoms with Gasteiger partial charge in [-0.1, -0.05) is 18.8 Å². The molecular formula is C7H10B. The maximum Gasteiger partial charge on any atom is 0.142 e. The van der Waals surface area contributed by atoms with Crippen LogP contribution < -0.4 is 0 Å². The highest BCUT2D eigenvalue weighted by Crippen LogP contribution is 2.51. The van der Waals surface area contributed by atoms with Gasteiger partial charge in [0.05, 0.1) is 0 Å². The third kappa shape index (κ3) is 0.379. The van der Waals surface area contributed by atoms with E-state index in [1.807, 2.05) is 0 Å². The van der Waals surface area contributed by atoms with Crippen molar-refractivity contribution in [3.05, 3.63) is 11.5 Å². The number of rotatable bonds is 0. The second-order valence-electron chi connectivity index (χ2n) is 3.19. The number of hydrogen-bond acceptors (Lipinski definition) is 0. The molecule has 1 heteroatoms. The van der Waals surface area contributed by atoms with Crippen LogP contribution in [0.4, 0.5) is 0 Å². The van der Waals surface area contributed by atoms with Crippen molar-refractivity contribution in [1.29, 1.82) is 0 Å². The lowest BCUT2D eigenvalue weighted by Crippen LogP contribution is -2.24. The highest BCUT2D eigenvalue weighted by atomic mass is 14.4. The summed E-state index contributed by atoms with van der Waals surface area (Å²) < 4.78 is 0. The molecule has 1 aliphatic heterocycles. The van der Waals surface area contributed by atoms with E-state index in [4.69, 9.17) is 0 Å². The molecule has 1 fully saturated rings. The number of hydrogen-bond donors (Lipinski definition) is 0. The van der Waals surface area contributed by atoms with Gasteiger partial charge in [0.15, 0.2) is 0 Å². The molecule has 1 heterocycles. The summed E-state index contributed by atoms with van der Waals surface area (Å²) >= 11 is 0. The zero-order valence-corrected chi connectivity index (χ0v) is 5.28. The van der Waals surface area contributed by atoms with Gasteiger partial charge in [0.1, 0.15) is 7.28 Å². The third-order valence-electron chi connectivity index (χ3n) is 2.61. The minimum Gasteiger partial charge on any atom is -0.123 e. The van der Waals surface area contributed by atoms with Crippen LogP contribution in [-0.2, 0) is 0 Å². The van der Waals surface area contributed by atoms with Gasteiger partial charge in [0.25, 0.3) is 0 Å². The Morgan fingerprint density at radius 2 is 2.62 bits per heavy atom. The summed E-state index contributed by atoms with van der Waals surface area (Å²) in [6.07, 6.45) is 4.10. The topological polar surface area (TPSA) is 0 Å². The molecular weight excluding hydrogens is 94.9 g/mol. The summed E-state index contributed by atoms with van der Waals surface area (Å²) in [6.45, 7) is 2.37. The zero-order chi connectivity index (χ0) is 5.61. The first-order chi connectivity index (χ1) is 3.81. The fourth-order valence-electron chi connectivity index (χ4n) is 1.68. The van der Waals surface area contributed by atoms with Gasteiger partial charge in [-0.05, 0) is 18.3 Å². The van der Waals surface area contributed by atoms with Crippen LogP contribution in [0, 0.1) is 5.41 Å². The predicted octanol–water partition coefficient (Wildman–Crippen LogP) is 1.81. The lowest BCUT2D eigenvalue weighted by molar-refractivity contribution is 0.314. The van der Waals surface area contributed by atoms with Crippen molar-refractivity contribution in [2.75, 3.05) is 0 Å². The Hall–Kier alpha value is -0.195. The van der Waals surface area contributed by atoms with Crippen LogP contribution in [-0.4, -0.2) is 7.28 Å². The van der Waals surface area contributed by atoms with Crippen molar-refractivity contribution < 1.29 is 0 Å². The Labute approximate surface area is 51.2 Å². The van der Waals surface area contributed by atoms with Gasteiger partial charge < -0.3 is 0 Å². The molecule has 0 spiro atoms. The molecule has 0 amide bonds. The predicted molar refractivity (Wildman–Crippen MR) is 36.0 cm³/mol. The molecule has 1 saturated carbocycles. The largest absolute Gasteiger partial charge is 0.142 e. The van der Waals surface area contributed by atoms with E-state index in [2.05, 4.69) is 20.2 Å². The van der Waals surface area contributed by atoms with Gasteiger partial charge in [-0.15, -0.1) is 5.98 Å². The second-order valence-corrected chi connectivity index (χ2v) is 3.19. The van der Waals surface area contributed by atoms with Crippen LogP contribution in [0.25, 0.3) is 0 Å². The fourth-order valence-corrected chi connectivity index (χ4v) is 1.68. The molecule has 1 aliphatic carbocycles. The summed E-state index contributed by atoms with van der Waals surface area (Å²) in [5, 5.41) is 0. The maximum absolute atomic E-state index is 2.37. The molecule has 0 aromatic heterocycles. The van der Waals surface area contributed by atoms with E-state index >= 15 is 0 Å². The van der Waals surface area contributed by atoms with Crippen LogP contribution in [0.5, 0.6) is 0 Å². The molecule has 1 unspecified atom stereocenters. The van der Waals surface area contributed by atoms with Crippen LogP contribution in [0.2, 0.25) is 6.32 Å². The normalized spacial score (nSPS) is 41.9. The number of allylic oxidation sites excluding steroid dienone is 1. The summed E-state index contributed by atoms with van der Waals surface area (Å²) in [6, 6.07) is 0. The summed E-state index contributed by atoms with van der Waals surface area (Å²) in [5.41, 5.74) is 2.33. The molecule has 0 nitrogen and oxygen atoms in total. The minimum atomic E-state index is 0.639. The molecule has 41 valence electrons. The van der Waals surface area contributed by atoms with E-state index in [9.17, 15) is 0 Å². The van der Waals surface area contributed by atoms with Gasteiger partial charge in [0, 0.05) is 0 Å². The van der Waals surface area contributed by atoms with Gasteiger partial charge in [-0.25, -0.2) is 0 Å². The highest BCUT2D eigenvalue weighted by Gasteiger charge is 2.39. The van der Waals surface area contributed by atoms with Gasteiger partial charge in [-0.2, -0.15) is 0 Å². The third-order valence-corrected chi connectivity index (χ3v) is 2.61. The molecule has 0 N–H and O–H groups in total. The molecule has 0 bridgehead atoms. The van der Waals surface area contributed by atoms with Crippen LogP contribution >= 0.6 is 0 Å². The average molecular weight is 105 g/mol. The summed E-state index contributed by atoms with van der Waals surface area (Å²) in [4.78, 5) is 0. The average Bonchev–Trinajstić information content (AvgIpc) is 1.94. The Kier molecular flexibility index (Phi) is 0.701. The van der Waals surface area contributed by atoms with E-state index in [-0.39, 0.29) is 0 Å². The Morgan fingerprint density at radius 1 is 1.75 bits per heavy atom. The van der Waals surface area contributed by atoms with Crippen molar-refractivity contribution in [2.45, 2.75) is 26.1 Å². The molecule has 1 atom stereocenters. The first-order valence-corrected chi connectivity index (χ1v) is 3.34. The molecule has 0 saturated heterocycles. The first kappa shape index (κ1) is 4.66. The van der Waals surface area contributed by atoms with Crippen molar-refractivity contribution in [2.24, 2.45) is 5.41 Å². The van der Waals surface area contributed by atoms with Crippen LogP contribution in [0.1, 0.15) is 19.8 Å². The van der Waals surface area contributed by atoms with Crippen LogP contribution in [0.15, 0.2) is 11.5 Å². The van der Waals surface area contributed by atoms with Crippen molar-refractivity contribution >= 4 is 7.28 Å². The number of fused-ring (bicyclic) bond motifs is 1. The molecule has 8 heavy (non-hydrogen) atoms. The molecule has 2 aliphatic rings. The smallest absolute Gasteiger partial charge is 0.123 e. The van der Waals surface area contributed by atoms with E-state index in [0.717, 1.165) is 0 Å². The van der Waals surface area contributed by atoms with Gasteiger partial charge in [0.2, 0.25) is 0 Å². The minimum absolute atomic E-state index is 0.639. The van der Waals surface area contributed by atoms with Crippen molar-refractivity contribution in [1.82, 2.24) is 0 Å². The Bertz CT molecular complexity index is 148. The fraction of sp³-hybridized carbons (Fsp3) is 0.714. The SMILES string of the molecule is CC12C[B]C=C1CC2. The summed E-state index contributed by atoms with van der Waals surface area (Å²) in [5.74, 6) is 2.31. The van der Waals surface area contributed by atoms with Crippen molar-refractivity contribution in [3.8, 4) is 0 Å². The van der Waals surface area contributed by atoms with E-state index in [1.165, 1.54) is 19.2 Å². The quantitative estimate of drug-likeness (QED) is 0.412. The lowest BCUT2D eigenvalue weighted by atomic mass is 9.63. The standard InChI is InChI=1S/C7H10B/c1-7-3-2-6(7)4-8-5-7/h4H,2-3,5H2,1H3. The van der Waals surface area contributed by atoms with Crippen molar-refractivity contribution in [3.63, 3.8) is 0 Å². The zero-order valence-electron chi connectivity index (χ0n) is 5.28. The molecule has 0 aromatic rings. The highest BCUT2D eigenvalue weighted by molar-refractivity contribution is 6.44. The van der Waals surface area contributed by atoms with E-state index < -0.39 is 0 Å². The first-order valence-electron chi connectivity index (χ1n) is 3.34. The van der Waals surface area contributed by atoms with Gasteiger partial charge in [-0.3, -0.25) is 0 Å². The maximum atomic E-state index is 2.37. The summed E-state index contributed by atoms with van der Waals surface area (Å²) in [7, 11) is 2.31. The lowest BCUT2D eigenvalue weighted by Gasteiger charge is -2.38. The molecule has 2 rings (SSSR count). The van der Waals surface area contributed by atoms with E-state index in [1.54, 1.807) is 5.57 Å². The van der Waals surface area contributed by atoms with E-state index in [0.29, 0.717) is 5.41 Å².